The maximum Gasteiger partial charge on any atom is 1.00 e. The molecule has 0 saturated heterocycles. The third-order valence-corrected chi connectivity index (χ3v) is 10.3. The minimum atomic E-state index is -4.90. The standard InChI is InChI=1S/C33H24N6O9S2.C6H15NO3.Na/c40-31-25-13-11-23(15-19(25)17-27(49(43,44)45)29(31)38-36-21-7-3-1-4-8-21)34-33(42)35-24-12-14-26-20(16-24)18-28(50(46,47)48)30(32(26)41)39-37-22-9-5-2-6-10-22;8-4-1-7(2-5-9)3-6-10;/h1-18,36-37H,(H2,34,35,42)(H,43,44,45)(H,46,47,48);8-10H,1-6H2;/q;;+1/b38-29+,39-30+;;. The minimum Gasteiger partial charge on any atom is -0.395 e. The zero-order valence-electron chi connectivity index (χ0n) is 32.4. The SMILES string of the molecule is O=C(Nc1ccc2c(c1)C=C(S(=O)(=O)O)/C(=N\Nc1ccccc1)C2=O)Nc1ccc2c(c1)C=C(S(=O)(=O)O)/C(=N\Nc1ccccc1)C2=O.OCCN(CCO)CCO.[Na+]. The molecule has 0 radical (unpaired) electrons. The van der Waals surface area contributed by atoms with Crippen LogP contribution in [-0.4, -0.2) is 115 Å². The Balaban J connectivity index is 0.000000663. The van der Waals surface area contributed by atoms with E-state index in [2.05, 4.69) is 31.7 Å². The fourth-order valence-corrected chi connectivity index (χ4v) is 7.07. The van der Waals surface area contributed by atoms with Crippen LogP contribution in [0.15, 0.2) is 117 Å². The Bertz CT molecular complexity index is 2420. The molecule has 61 heavy (non-hydrogen) atoms. The number of hydrogen-bond acceptors (Lipinski definition) is 15. The quantitative estimate of drug-likeness (QED) is 0.0470. The van der Waals surface area contributed by atoms with Crippen molar-refractivity contribution < 1.29 is 85.2 Å². The van der Waals surface area contributed by atoms with Crippen LogP contribution < -0.4 is 51.0 Å². The summed E-state index contributed by atoms with van der Waals surface area (Å²) < 4.78 is 68.5. The van der Waals surface area contributed by atoms with E-state index >= 15 is 0 Å². The monoisotopic (exact) mass is 884 g/mol. The number of nitrogens with one attached hydrogen (secondary N) is 4. The predicted molar refractivity (Wildman–Crippen MR) is 226 cm³/mol. The first-order chi connectivity index (χ1) is 28.6. The van der Waals surface area contributed by atoms with E-state index in [-0.39, 0.29) is 83.0 Å². The third-order valence-electron chi connectivity index (χ3n) is 8.52. The number of allylic oxidation sites excluding steroid dienone is 2. The number of ketones is 2. The Morgan fingerprint density at radius 3 is 1.25 bits per heavy atom. The molecule has 6 rings (SSSR count). The molecule has 2 aliphatic rings. The number of carbonyl (C=O) groups is 3. The number of hydrazone groups is 2. The number of fused-ring (bicyclic) bond motifs is 2. The van der Waals surface area contributed by atoms with Crippen molar-refractivity contribution in [1.82, 2.24) is 4.90 Å². The smallest absolute Gasteiger partial charge is 0.395 e. The van der Waals surface area contributed by atoms with Gasteiger partial charge in [-0.15, -0.1) is 0 Å². The topological polar surface area (TPSA) is 297 Å². The van der Waals surface area contributed by atoms with Crippen molar-refractivity contribution in [2.75, 3.05) is 60.9 Å². The van der Waals surface area contributed by atoms with Crippen LogP contribution in [0.1, 0.15) is 31.8 Å². The molecule has 0 aliphatic heterocycles. The van der Waals surface area contributed by atoms with Crippen LogP contribution in [0.4, 0.5) is 27.5 Å². The number of aliphatic hydroxyl groups is 3. The fraction of sp³-hybridized carbons (Fsp3) is 0.154. The summed E-state index contributed by atoms with van der Waals surface area (Å²) >= 11 is 0. The fourth-order valence-electron chi connectivity index (χ4n) is 5.76. The Hall–Kier alpha value is -5.43. The summed E-state index contributed by atoms with van der Waals surface area (Å²) in [4.78, 5) is 39.7. The predicted octanol–water partition coefficient (Wildman–Crippen LogP) is 0.386. The van der Waals surface area contributed by atoms with Gasteiger partial charge in [0.05, 0.1) is 31.2 Å². The Labute approximate surface area is 372 Å². The Morgan fingerprint density at radius 2 is 0.918 bits per heavy atom. The Morgan fingerprint density at radius 1 is 0.557 bits per heavy atom. The maximum absolute atomic E-state index is 13.2. The van der Waals surface area contributed by atoms with Crippen molar-refractivity contribution in [3.05, 3.63) is 129 Å². The number of hydrogen-bond donors (Lipinski definition) is 9. The maximum atomic E-state index is 13.2. The largest absolute Gasteiger partial charge is 1.00 e. The van der Waals surface area contributed by atoms with Gasteiger partial charge in [-0.05, 0) is 83.9 Å². The molecule has 2 aliphatic carbocycles. The van der Waals surface area contributed by atoms with Gasteiger partial charge in [0.25, 0.3) is 20.2 Å². The number of rotatable bonds is 14. The van der Waals surface area contributed by atoms with E-state index < -0.39 is 59.1 Å². The number of urea groups is 1. The normalized spacial score (nSPS) is 14.7. The first-order valence-electron chi connectivity index (χ1n) is 17.8. The second-order valence-electron chi connectivity index (χ2n) is 12.7. The van der Waals surface area contributed by atoms with E-state index in [0.29, 0.717) is 31.0 Å². The second-order valence-corrected chi connectivity index (χ2v) is 15.5. The molecule has 0 spiro atoms. The second kappa shape index (κ2) is 21.9. The van der Waals surface area contributed by atoms with Gasteiger partial charge in [0.1, 0.15) is 9.81 Å². The molecule has 0 saturated carbocycles. The number of aliphatic hydroxyl groups excluding tert-OH is 3. The number of Topliss-reactive ketones (excluding diaryl/α,β-unsaturated/α-hetero) is 2. The van der Waals surface area contributed by atoms with Gasteiger partial charge in [0, 0.05) is 42.1 Å². The van der Waals surface area contributed by atoms with Crippen molar-refractivity contribution in [1.29, 1.82) is 0 Å². The first-order valence-corrected chi connectivity index (χ1v) is 20.7. The van der Waals surface area contributed by atoms with Gasteiger partial charge in [-0.3, -0.25) is 34.4 Å². The average molecular weight is 885 g/mol. The number of anilines is 4. The molecule has 4 aromatic carbocycles. The molecule has 22 heteroatoms. The molecule has 19 nitrogen and oxygen atoms in total. The zero-order chi connectivity index (χ0) is 43.5. The number of benzene rings is 4. The first kappa shape index (κ1) is 48.2. The molecule has 0 unspecified atom stereocenters. The summed E-state index contributed by atoms with van der Waals surface area (Å²) in [6, 6.07) is 24.2. The Kier molecular flexibility index (Phi) is 17.3. The summed E-state index contributed by atoms with van der Waals surface area (Å²) in [6.07, 6.45) is 2.10. The number of para-hydroxylation sites is 2. The van der Waals surface area contributed by atoms with Crippen molar-refractivity contribution in [2.24, 2.45) is 10.2 Å². The molecule has 0 fully saturated rings. The van der Waals surface area contributed by atoms with Gasteiger partial charge < -0.3 is 26.0 Å². The van der Waals surface area contributed by atoms with Gasteiger partial charge in [-0.25, -0.2) is 4.79 Å². The average Bonchev–Trinajstić information content (AvgIpc) is 3.20. The summed E-state index contributed by atoms with van der Waals surface area (Å²) in [6.45, 7) is 1.75. The molecule has 0 heterocycles. The van der Waals surface area contributed by atoms with Crippen LogP contribution >= 0.6 is 0 Å². The van der Waals surface area contributed by atoms with Crippen molar-refractivity contribution in [2.45, 2.75) is 0 Å². The molecule has 9 N–H and O–H groups in total. The van der Waals surface area contributed by atoms with Crippen LogP contribution in [0.3, 0.4) is 0 Å². The van der Waals surface area contributed by atoms with Crippen LogP contribution in [0.5, 0.6) is 0 Å². The molecule has 0 atom stereocenters. The molecular weight excluding hydrogens is 846 g/mol. The third kappa shape index (κ3) is 13.0. The van der Waals surface area contributed by atoms with Crippen LogP contribution in [-0.2, 0) is 20.2 Å². The number of nitrogens with zero attached hydrogens (tertiary/aromatic N) is 3. The minimum absolute atomic E-state index is 0. The van der Waals surface area contributed by atoms with E-state index in [1.807, 2.05) is 0 Å². The van der Waals surface area contributed by atoms with E-state index in [1.54, 1.807) is 65.6 Å². The van der Waals surface area contributed by atoms with Crippen LogP contribution in [0.2, 0.25) is 0 Å². The van der Waals surface area contributed by atoms with Gasteiger partial charge >= 0.3 is 35.6 Å². The van der Waals surface area contributed by atoms with Crippen LogP contribution in [0, 0.1) is 0 Å². The number of amides is 2. The van der Waals surface area contributed by atoms with E-state index in [1.165, 1.54) is 36.4 Å². The molecule has 314 valence electrons. The number of carbonyl (C=O) groups excluding carboxylic acids is 3. The summed E-state index contributed by atoms with van der Waals surface area (Å²) in [7, 11) is -9.80. The van der Waals surface area contributed by atoms with E-state index in [4.69, 9.17) is 15.3 Å². The molecule has 0 bridgehead atoms. The van der Waals surface area contributed by atoms with Crippen molar-refractivity contribution in [3.8, 4) is 0 Å². The van der Waals surface area contributed by atoms with Crippen molar-refractivity contribution in [3.63, 3.8) is 0 Å². The van der Waals surface area contributed by atoms with E-state index in [9.17, 15) is 40.3 Å². The molecular formula is C39H39N7NaO12S2+. The van der Waals surface area contributed by atoms with Gasteiger partial charge in [0.15, 0.2) is 11.4 Å². The zero-order valence-corrected chi connectivity index (χ0v) is 36.0. The van der Waals surface area contributed by atoms with Gasteiger partial charge in [0.2, 0.25) is 11.6 Å². The molecule has 4 aromatic rings. The molecule has 2 amide bonds. The summed E-state index contributed by atoms with van der Waals surface area (Å²) in [5.74, 6) is -1.58. The van der Waals surface area contributed by atoms with Gasteiger partial charge in [-0.2, -0.15) is 27.0 Å². The molecule has 0 aromatic heterocycles. The summed E-state index contributed by atoms with van der Waals surface area (Å²) in [5, 5.41) is 38.4. The van der Waals surface area contributed by atoms with E-state index in [0.717, 1.165) is 12.2 Å². The van der Waals surface area contributed by atoms with Crippen LogP contribution in [0.25, 0.3) is 12.2 Å². The van der Waals surface area contributed by atoms with Crippen molar-refractivity contribution >= 4 is 84.2 Å². The van der Waals surface area contributed by atoms with Gasteiger partial charge in [-0.1, -0.05) is 36.4 Å². The summed E-state index contributed by atoms with van der Waals surface area (Å²) in [5.41, 5.74) is 5.59.